The number of benzene rings is 1. The first-order valence-electron chi connectivity index (χ1n) is 8.11. The quantitative estimate of drug-likeness (QED) is 0.848. The van der Waals surface area contributed by atoms with Crippen LogP contribution in [0.15, 0.2) is 48.7 Å². The van der Waals surface area contributed by atoms with Crippen LogP contribution < -0.4 is 0 Å². The summed E-state index contributed by atoms with van der Waals surface area (Å²) in [5.41, 5.74) is 1.42. The minimum atomic E-state index is -1.14. The lowest BCUT2D eigenvalue weighted by Crippen LogP contribution is -2.41. The van der Waals surface area contributed by atoms with Gasteiger partial charge in [-0.3, -0.25) is 4.79 Å². The number of amides is 1. The molecule has 2 rings (SSSR count). The van der Waals surface area contributed by atoms with E-state index in [-0.39, 0.29) is 17.6 Å². The van der Waals surface area contributed by atoms with Gasteiger partial charge in [0.2, 0.25) is 0 Å². The predicted molar refractivity (Wildman–Crippen MR) is 92.1 cm³/mol. The number of aromatic nitrogens is 1. The third-order valence-corrected chi connectivity index (χ3v) is 4.05. The lowest BCUT2D eigenvalue weighted by atomic mass is 10.0. The highest BCUT2D eigenvalue weighted by molar-refractivity contribution is 5.96. The average molecular weight is 326 g/mol. The Bertz CT molecular complexity index is 701. The van der Waals surface area contributed by atoms with Crippen molar-refractivity contribution in [2.24, 2.45) is 0 Å². The van der Waals surface area contributed by atoms with Crippen LogP contribution in [0.3, 0.4) is 0 Å². The predicted octanol–water partition coefficient (Wildman–Crippen LogP) is 3.26. The Morgan fingerprint density at radius 2 is 1.88 bits per heavy atom. The molecule has 1 aromatic carbocycles. The number of carbonyl (C=O) groups is 2. The third-order valence-electron chi connectivity index (χ3n) is 4.05. The number of nitrogens with zero attached hydrogens (tertiary/aromatic N) is 2. The number of carbonyl (C=O) groups excluding carboxylic acids is 1. The molecule has 1 atom stereocenters. The van der Waals surface area contributed by atoms with E-state index < -0.39 is 5.97 Å². The number of aromatic carboxylic acids is 1. The van der Waals surface area contributed by atoms with E-state index in [0.717, 1.165) is 12.8 Å². The summed E-state index contributed by atoms with van der Waals surface area (Å²) < 4.78 is 0. The van der Waals surface area contributed by atoms with E-state index in [9.17, 15) is 9.59 Å². The summed E-state index contributed by atoms with van der Waals surface area (Å²) >= 11 is 0. The van der Waals surface area contributed by atoms with Gasteiger partial charge in [-0.05, 0) is 37.5 Å². The van der Waals surface area contributed by atoms with Gasteiger partial charge < -0.3 is 10.0 Å². The second-order valence-electron chi connectivity index (χ2n) is 5.58. The first-order valence-corrected chi connectivity index (χ1v) is 8.11. The molecule has 1 heterocycles. The van der Waals surface area contributed by atoms with Crippen LogP contribution in [0.25, 0.3) is 0 Å². The summed E-state index contributed by atoms with van der Waals surface area (Å²) in [6, 6.07) is 13.0. The number of hydrogen-bond donors (Lipinski definition) is 1. The van der Waals surface area contributed by atoms with E-state index in [0.29, 0.717) is 12.1 Å². The third kappa shape index (κ3) is 4.19. The van der Waals surface area contributed by atoms with E-state index >= 15 is 0 Å². The molecule has 24 heavy (non-hydrogen) atoms. The lowest BCUT2D eigenvalue weighted by molar-refractivity contribution is 0.0683. The maximum absolute atomic E-state index is 12.8. The second kappa shape index (κ2) is 8.24. The lowest BCUT2D eigenvalue weighted by Gasteiger charge is -2.30. The highest BCUT2D eigenvalue weighted by Crippen LogP contribution is 2.16. The Morgan fingerprint density at radius 1 is 1.17 bits per heavy atom. The maximum Gasteiger partial charge on any atom is 0.354 e. The van der Waals surface area contributed by atoms with Gasteiger partial charge in [-0.2, -0.15) is 0 Å². The molecule has 0 radical (unpaired) electrons. The van der Waals surface area contributed by atoms with Gasteiger partial charge in [-0.1, -0.05) is 37.3 Å². The van der Waals surface area contributed by atoms with Crippen molar-refractivity contribution in [1.29, 1.82) is 0 Å². The van der Waals surface area contributed by atoms with Crippen molar-refractivity contribution in [2.45, 2.75) is 32.7 Å². The summed E-state index contributed by atoms with van der Waals surface area (Å²) in [6.07, 6.45) is 2.96. The van der Waals surface area contributed by atoms with Crippen LogP contribution in [0.5, 0.6) is 0 Å². The molecule has 0 aliphatic carbocycles. The first-order chi connectivity index (χ1) is 11.6. The smallest absolute Gasteiger partial charge is 0.354 e. The fourth-order valence-corrected chi connectivity index (χ4v) is 2.78. The van der Waals surface area contributed by atoms with Crippen molar-refractivity contribution >= 4 is 11.9 Å². The van der Waals surface area contributed by atoms with Crippen LogP contribution >= 0.6 is 0 Å². The van der Waals surface area contributed by atoms with Crippen molar-refractivity contribution in [3.63, 3.8) is 0 Å². The number of hydrogen-bond acceptors (Lipinski definition) is 3. The van der Waals surface area contributed by atoms with E-state index in [1.54, 1.807) is 11.0 Å². The van der Waals surface area contributed by atoms with Crippen LogP contribution in [0, 0.1) is 0 Å². The molecule has 0 saturated heterocycles. The fourth-order valence-electron chi connectivity index (χ4n) is 2.78. The Labute approximate surface area is 142 Å². The Balaban J connectivity index is 2.23. The number of carboxylic acid groups (broad SMARTS) is 1. The van der Waals surface area contributed by atoms with Crippen molar-refractivity contribution in [3.8, 4) is 0 Å². The SMILES string of the molecule is CCC(Cc1ccccc1)N(CC)C(=O)c1ccnc(C(=O)O)c1. The molecule has 1 aromatic heterocycles. The van der Waals surface area contributed by atoms with Gasteiger partial charge in [0.25, 0.3) is 5.91 Å². The topological polar surface area (TPSA) is 70.5 Å². The number of carboxylic acids is 1. The molecule has 126 valence electrons. The van der Waals surface area contributed by atoms with Gasteiger partial charge in [-0.15, -0.1) is 0 Å². The molecule has 0 bridgehead atoms. The van der Waals surface area contributed by atoms with Crippen LogP contribution in [0.4, 0.5) is 0 Å². The molecule has 0 aliphatic rings. The minimum Gasteiger partial charge on any atom is -0.477 e. The van der Waals surface area contributed by atoms with Crippen molar-refractivity contribution in [3.05, 3.63) is 65.5 Å². The van der Waals surface area contributed by atoms with Crippen molar-refractivity contribution in [1.82, 2.24) is 9.88 Å². The van der Waals surface area contributed by atoms with Crippen LogP contribution in [-0.2, 0) is 6.42 Å². The Hall–Kier alpha value is -2.69. The van der Waals surface area contributed by atoms with E-state index in [2.05, 4.69) is 24.0 Å². The summed E-state index contributed by atoms with van der Waals surface area (Å²) in [6.45, 7) is 4.55. The average Bonchev–Trinajstić information content (AvgIpc) is 2.62. The summed E-state index contributed by atoms with van der Waals surface area (Å²) in [7, 11) is 0. The van der Waals surface area contributed by atoms with Crippen molar-refractivity contribution < 1.29 is 14.7 Å². The van der Waals surface area contributed by atoms with Gasteiger partial charge >= 0.3 is 5.97 Å². The molecule has 1 unspecified atom stereocenters. The largest absolute Gasteiger partial charge is 0.477 e. The number of rotatable bonds is 7. The van der Waals surface area contributed by atoms with Gasteiger partial charge in [-0.25, -0.2) is 9.78 Å². The molecule has 0 saturated carbocycles. The molecule has 5 nitrogen and oxygen atoms in total. The molecule has 1 amide bonds. The second-order valence-corrected chi connectivity index (χ2v) is 5.58. The van der Waals surface area contributed by atoms with Crippen LogP contribution in [-0.4, -0.2) is 39.5 Å². The number of likely N-dealkylation sites (N-methyl/N-ethyl adjacent to an activating group) is 1. The minimum absolute atomic E-state index is 0.0614. The van der Waals surface area contributed by atoms with E-state index in [1.807, 2.05) is 25.1 Å². The Morgan fingerprint density at radius 3 is 2.46 bits per heavy atom. The number of pyridine rings is 1. The molecule has 2 aromatic rings. The summed E-state index contributed by atoms with van der Waals surface area (Å²) in [5, 5.41) is 9.05. The zero-order valence-electron chi connectivity index (χ0n) is 14.0. The van der Waals surface area contributed by atoms with Gasteiger partial charge in [0.15, 0.2) is 0 Å². The van der Waals surface area contributed by atoms with Crippen LogP contribution in [0.1, 0.15) is 46.7 Å². The zero-order chi connectivity index (χ0) is 17.5. The maximum atomic E-state index is 12.8. The Kier molecular flexibility index (Phi) is 6.07. The summed E-state index contributed by atoms with van der Waals surface area (Å²) in [5.74, 6) is -1.30. The van der Waals surface area contributed by atoms with Crippen molar-refractivity contribution in [2.75, 3.05) is 6.54 Å². The van der Waals surface area contributed by atoms with E-state index in [4.69, 9.17) is 5.11 Å². The van der Waals surface area contributed by atoms with E-state index in [1.165, 1.54) is 17.8 Å². The molecule has 5 heteroatoms. The molecule has 1 N–H and O–H groups in total. The molecule has 0 aliphatic heterocycles. The fraction of sp³-hybridized carbons (Fsp3) is 0.316. The molecule has 0 spiro atoms. The molecule has 0 fully saturated rings. The molecular weight excluding hydrogens is 304 g/mol. The highest BCUT2D eigenvalue weighted by Gasteiger charge is 2.23. The highest BCUT2D eigenvalue weighted by atomic mass is 16.4. The van der Waals surface area contributed by atoms with Gasteiger partial charge in [0.1, 0.15) is 5.69 Å². The van der Waals surface area contributed by atoms with Gasteiger partial charge in [0, 0.05) is 24.3 Å². The normalized spacial score (nSPS) is 11.8. The summed E-state index contributed by atoms with van der Waals surface area (Å²) in [4.78, 5) is 29.5. The van der Waals surface area contributed by atoms with Crippen LogP contribution in [0.2, 0.25) is 0 Å². The standard InChI is InChI=1S/C19H22N2O3/c1-3-16(12-14-8-6-5-7-9-14)21(4-2)18(22)15-10-11-20-17(13-15)19(23)24/h5-11,13,16H,3-4,12H2,1-2H3,(H,23,24). The zero-order valence-corrected chi connectivity index (χ0v) is 14.0. The molecular formula is C19H22N2O3. The monoisotopic (exact) mass is 326 g/mol. The van der Waals surface area contributed by atoms with Gasteiger partial charge in [0.05, 0.1) is 0 Å². The first kappa shape index (κ1) is 17.7.